The molecule has 0 saturated carbocycles. The Labute approximate surface area is 356 Å². The number of fused-ring (bicyclic) bond motifs is 8. The van der Waals surface area contributed by atoms with Crippen molar-refractivity contribution in [3.05, 3.63) is 148 Å². The first-order valence-electron chi connectivity index (χ1n) is 21.3. The molecule has 0 atom stereocenters. The van der Waals surface area contributed by atoms with E-state index in [9.17, 15) is 0 Å². The molecule has 0 unspecified atom stereocenters. The number of nitrogens with one attached hydrogen (secondary N) is 2. The predicted octanol–water partition coefficient (Wildman–Crippen LogP) is 14.9. The zero-order valence-electron chi connectivity index (χ0n) is 37.5. The number of rotatable bonds is 4. The highest BCUT2D eigenvalue weighted by Crippen LogP contribution is 2.40. The van der Waals surface area contributed by atoms with E-state index in [-0.39, 0.29) is 21.7 Å². The molecule has 8 rings (SSSR count). The Morgan fingerprint density at radius 2 is 0.917 bits per heavy atom. The zero-order chi connectivity index (χ0) is 42.8. The minimum Gasteiger partial charge on any atom is -0.355 e. The summed E-state index contributed by atoms with van der Waals surface area (Å²) in [5.41, 5.74) is 18.3. The fourth-order valence-corrected chi connectivity index (χ4v) is 7.82. The molecule has 0 amide bonds. The van der Waals surface area contributed by atoms with E-state index >= 15 is 0 Å². The van der Waals surface area contributed by atoms with Gasteiger partial charge in [-0.25, -0.2) is 9.97 Å². The molecule has 2 aliphatic rings. The van der Waals surface area contributed by atoms with E-state index in [2.05, 4.69) is 196 Å². The van der Waals surface area contributed by atoms with Crippen LogP contribution in [0.1, 0.15) is 134 Å². The molecule has 0 saturated heterocycles. The topological polar surface area (TPSA) is 69.7 Å². The third kappa shape index (κ3) is 8.36. The van der Waals surface area contributed by atoms with E-state index in [0.717, 1.165) is 78.3 Å². The Hall–Kier alpha value is -6.07. The lowest BCUT2D eigenvalue weighted by Gasteiger charge is -2.26. The van der Waals surface area contributed by atoms with Crippen molar-refractivity contribution < 1.29 is 0 Å². The Bertz CT molecular complexity index is 2750. The van der Waals surface area contributed by atoms with E-state index in [1.54, 1.807) is 0 Å². The molecule has 304 valence electrons. The van der Waals surface area contributed by atoms with Gasteiger partial charge in [0, 0.05) is 33.9 Å². The molecule has 2 N–H and O–H groups in total. The van der Waals surface area contributed by atoms with Crippen LogP contribution >= 0.6 is 0 Å². The van der Waals surface area contributed by atoms with Gasteiger partial charge in [0.25, 0.3) is 0 Å². The third-order valence-corrected chi connectivity index (χ3v) is 11.6. The molecule has 8 bridgehead atoms. The predicted molar refractivity (Wildman–Crippen MR) is 258 cm³/mol. The third-order valence-electron chi connectivity index (χ3n) is 11.6. The van der Waals surface area contributed by atoms with Crippen molar-refractivity contribution in [2.24, 2.45) is 4.99 Å². The van der Waals surface area contributed by atoms with Gasteiger partial charge < -0.3 is 9.97 Å². The highest BCUT2D eigenvalue weighted by molar-refractivity contribution is 5.97. The number of nitrogens with zero attached hydrogens (tertiary/aromatic N) is 3. The molecular formula is C55H59N5. The van der Waals surface area contributed by atoms with Gasteiger partial charge in [0.2, 0.25) is 0 Å². The van der Waals surface area contributed by atoms with Crippen molar-refractivity contribution >= 4 is 58.3 Å². The highest BCUT2D eigenvalue weighted by Gasteiger charge is 2.25. The molecule has 0 aliphatic carbocycles. The van der Waals surface area contributed by atoms with E-state index in [1.165, 1.54) is 22.3 Å². The number of aliphatic imine (C=N–C) groups is 1. The van der Waals surface area contributed by atoms with Gasteiger partial charge in [-0.05, 0) is 115 Å². The van der Waals surface area contributed by atoms with E-state index in [1.807, 2.05) is 24.4 Å². The van der Waals surface area contributed by atoms with Gasteiger partial charge in [0.05, 0.1) is 28.3 Å². The Kier molecular flexibility index (Phi) is 10.1. The second-order valence-corrected chi connectivity index (χ2v) is 20.6. The molecule has 3 aromatic heterocycles. The summed E-state index contributed by atoms with van der Waals surface area (Å²) >= 11 is 0. The average molecular weight is 790 g/mol. The number of aromatic nitrogens is 4. The molecule has 5 heterocycles. The number of hydrogen-bond acceptors (Lipinski definition) is 3. The summed E-state index contributed by atoms with van der Waals surface area (Å²) < 4.78 is 0. The van der Waals surface area contributed by atoms with Gasteiger partial charge in [0.15, 0.2) is 0 Å². The number of hydrogen-bond donors (Lipinski definition) is 2. The van der Waals surface area contributed by atoms with Crippen LogP contribution in [-0.4, -0.2) is 26.2 Å². The number of aromatic amines is 2. The first kappa shape index (κ1) is 40.7. The lowest BCUT2D eigenvalue weighted by molar-refractivity contribution is 0.568. The van der Waals surface area contributed by atoms with Crippen molar-refractivity contribution in [3.63, 3.8) is 0 Å². The quantitative estimate of drug-likeness (QED) is 0.174. The molecule has 0 fully saturated rings. The second-order valence-electron chi connectivity index (χ2n) is 20.6. The molecule has 2 aliphatic heterocycles. The Morgan fingerprint density at radius 3 is 1.47 bits per heavy atom. The lowest BCUT2D eigenvalue weighted by Crippen LogP contribution is -2.16. The standard InChI is InChI=1S/C55H59N5/c1-52(2,3)37-26-35(27-38(30-37)53(4,5)6)49-43-20-18-41(57-43)32-42-19-21-44(58-42)50(36-28-39(54(7,8)9)31-40(29-36)55(10,11)12)46-23-25-48(60-46)51(47-24-22-45(49)59-47)56-33-34-16-14-13-15-17-34/h13-33,57,60H,1-12H3. The van der Waals surface area contributed by atoms with Crippen LogP contribution in [0.15, 0.2) is 102 Å². The smallest absolute Gasteiger partial charge is 0.112 e. The minimum atomic E-state index is -0.0496. The van der Waals surface area contributed by atoms with Gasteiger partial charge in [-0.15, -0.1) is 0 Å². The maximum absolute atomic E-state index is 5.45. The summed E-state index contributed by atoms with van der Waals surface area (Å²) in [4.78, 5) is 23.6. The van der Waals surface area contributed by atoms with Crippen molar-refractivity contribution in [3.8, 4) is 22.3 Å². The Balaban J connectivity index is 1.50. The lowest BCUT2D eigenvalue weighted by atomic mass is 9.78. The Morgan fingerprint density at radius 1 is 0.450 bits per heavy atom. The maximum Gasteiger partial charge on any atom is 0.112 e. The normalized spacial score (nSPS) is 13.5. The zero-order valence-corrected chi connectivity index (χ0v) is 37.5. The largest absolute Gasteiger partial charge is 0.355 e. The van der Waals surface area contributed by atoms with Crippen LogP contribution in [0.5, 0.6) is 0 Å². The summed E-state index contributed by atoms with van der Waals surface area (Å²) in [6, 6.07) is 35.2. The van der Waals surface area contributed by atoms with Gasteiger partial charge in [-0.1, -0.05) is 150 Å². The van der Waals surface area contributed by atoms with Gasteiger partial charge in [-0.2, -0.15) is 0 Å². The number of H-pyrrole nitrogens is 2. The number of benzene rings is 3. The van der Waals surface area contributed by atoms with Crippen LogP contribution in [0.4, 0.5) is 5.69 Å². The summed E-state index contributed by atoms with van der Waals surface area (Å²) in [6.07, 6.45) is 10.5. The molecular weight excluding hydrogens is 731 g/mol. The van der Waals surface area contributed by atoms with Crippen molar-refractivity contribution in [2.45, 2.75) is 105 Å². The van der Waals surface area contributed by atoms with Crippen LogP contribution in [0.2, 0.25) is 0 Å². The average Bonchev–Trinajstić information content (AvgIpc) is 4.01. The van der Waals surface area contributed by atoms with E-state index in [0.29, 0.717) is 0 Å². The van der Waals surface area contributed by atoms with Crippen LogP contribution < -0.4 is 0 Å². The fraction of sp³-hybridized carbons (Fsp3) is 0.291. The highest BCUT2D eigenvalue weighted by atomic mass is 14.9. The van der Waals surface area contributed by atoms with Crippen molar-refractivity contribution in [1.82, 2.24) is 19.9 Å². The summed E-state index contributed by atoms with van der Waals surface area (Å²) in [6.45, 7) is 27.4. The summed E-state index contributed by atoms with van der Waals surface area (Å²) in [5.74, 6) is 0. The van der Waals surface area contributed by atoms with Crippen LogP contribution in [0, 0.1) is 0 Å². The first-order valence-corrected chi connectivity index (χ1v) is 21.3. The van der Waals surface area contributed by atoms with Crippen LogP contribution in [0.25, 0.3) is 68.6 Å². The summed E-state index contributed by atoms with van der Waals surface area (Å²) in [5, 5.41) is 0. The van der Waals surface area contributed by atoms with Crippen LogP contribution in [0.3, 0.4) is 0 Å². The molecule has 5 heteroatoms. The molecule has 0 radical (unpaired) electrons. The fourth-order valence-electron chi connectivity index (χ4n) is 7.82. The molecule has 60 heavy (non-hydrogen) atoms. The molecule has 6 aromatic rings. The van der Waals surface area contributed by atoms with Crippen molar-refractivity contribution in [1.29, 1.82) is 0 Å². The SMILES string of the molecule is CC(C)(C)c1cc(-c2c3nc(c(N=Cc4ccccc4)c4ccc([nH]4)c(-c4cc(C(C)(C)C)cc(C(C)(C)C)c4)c4nc(cc5ccc2[nH]5)C=C4)C=C3)cc(C(C)(C)C)c1. The van der Waals surface area contributed by atoms with Gasteiger partial charge in [-0.3, -0.25) is 4.99 Å². The second kappa shape index (κ2) is 14.9. The van der Waals surface area contributed by atoms with Gasteiger partial charge >= 0.3 is 0 Å². The van der Waals surface area contributed by atoms with E-state index in [4.69, 9.17) is 15.0 Å². The summed E-state index contributed by atoms with van der Waals surface area (Å²) in [7, 11) is 0. The van der Waals surface area contributed by atoms with Crippen molar-refractivity contribution in [2.75, 3.05) is 0 Å². The molecule has 5 nitrogen and oxygen atoms in total. The monoisotopic (exact) mass is 789 g/mol. The van der Waals surface area contributed by atoms with Crippen LogP contribution in [-0.2, 0) is 21.7 Å². The first-order chi connectivity index (χ1) is 28.2. The molecule has 0 spiro atoms. The van der Waals surface area contributed by atoms with Gasteiger partial charge in [0.1, 0.15) is 5.69 Å². The van der Waals surface area contributed by atoms with E-state index < -0.39 is 0 Å². The molecule has 3 aromatic carbocycles. The minimum absolute atomic E-state index is 0.0496. The maximum atomic E-state index is 5.45.